The maximum absolute atomic E-state index is 11.3. The molecule has 3 rings (SSSR count). The Hall–Kier alpha value is -2.25. The number of morpholine rings is 1. The lowest BCUT2D eigenvalue weighted by molar-refractivity contribution is -0.383. The van der Waals surface area contributed by atoms with Crippen LogP contribution in [0.5, 0.6) is 0 Å². The summed E-state index contributed by atoms with van der Waals surface area (Å²) < 4.78 is 5.48. The first-order valence-corrected chi connectivity index (χ1v) is 9.13. The Morgan fingerprint density at radius 1 is 1.27 bits per heavy atom. The molecule has 1 fully saturated rings. The number of fused-ring (bicyclic) bond motifs is 1. The Balaban J connectivity index is 1.80. The highest BCUT2D eigenvalue weighted by molar-refractivity contribution is 5.99. The van der Waals surface area contributed by atoms with Crippen LogP contribution in [-0.2, 0) is 4.74 Å². The van der Waals surface area contributed by atoms with Gasteiger partial charge in [-0.2, -0.15) is 0 Å². The first kappa shape index (κ1) is 18.5. The summed E-state index contributed by atoms with van der Waals surface area (Å²) in [6, 6.07) is 5.59. The highest BCUT2D eigenvalue weighted by Crippen LogP contribution is 2.31. The predicted molar refractivity (Wildman–Crippen MR) is 103 cm³/mol. The van der Waals surface area contributed by atoms with Crippen molar-refractivity contribution in [3.63, 3.8) is 0 Å². The molecule has 1 aromatic heterocycles. The minimum Gasteiger partial charge on any atom is -0.383 e. The van der Waals surface area contributed by atoms with E-state index >= 15 is 0 Å². The Morgan fingerprint density at radius 2 is 2.04 bits per heavy atom. The lowest BCUT2D eigenvalue weighted by Gasteiger charge is -2.35. The van der Waals surface area contributed by atoms with Crippen molar-refractivity contribution in [1.82, 2.24) is 9.88 Å². The van der Waals surface area contributed by atoms with Gasteiger partial charge in [-0.15, -0.1) is 0 Å². The summed E-state index contributed by atoms with van der Waals surface area (Å²) in [5, 5.41) is 16.2. The number of anilines is 1. The highest BCUT2D eigenvalue weighted by Gasteiger charge is 2.22. The van der Waals surface area contributed by atoms with Gasteiger partial charge >= 0.3 is 0 Å². The second-order valence-electron chi connectivity index (χ2n) is 7.12. The number of non-ortho nitro benzene ring substituents is 1. The smallest absolute Gasteiger partial charge is 0.278 e. The number of nitrogens with zero attached hydrogens (tertiary/aromatic N) is 3. The average molecular weight is 358 g/mol. The van der Waals surface area contributed by atoms with Gasteiger partial charge in [0.15, 0.2) is 0 Å². The van der Waals surface area contributed by atoms with E-state index in [0.717, 1.165) is 50.3 Å². The molecule has 0 aliphatic carbocycles. The zero-order chi connectivity index (χ0) is 18.5. The van der Waals surface area contributed by atoms with Gasteiger partial charge in [0.25, 0.3) is 5.69 Å². The van der Waals surface area contributed by atoms with Gasteiger partial charge in [-0.3, -0.25) is 20.0 Å². The largest absolute Gasteiger partial charge is 0.383 e. The number of ether oxygens (including phenoxy) is 1. The first-order chi connectivity index (χ1) is 12.6. The van der Waals surface area contributed by atoms with E-state index in [1.54, 1.807) is 24.5 Å². The van der Waals surface area contributed by atoms with E-state index in [1.807, 2.05) is 6.07 Å². The third-order valence-corrected chi connectivity index (χ3v) is 4.83. The van der Waals surface area contributed by atoms with Crippen LogP contribution < -0.4 is 5.32 Å². The molecule has 1 unspecified atom stereocenters. The first-order valence-electron chi connectivity index (χ1n) is 9.13. The zero-order valence-corrected chi connectivity index (χ0v) is 15.4. The van der Waals surface area contributed by atoms with E-state index in [-0.39, 0.29) is 10.6 Å². The summed E-state index contributed by atoms with van der Waals surface area (Å²) in [5.41, 5.74) is 1.00. The molecule has 0 bridgehead atoms. The van der Waals surface area contributed by atoms with Crippen molar-refractivity contribution in [3.8, 4) is 0 Å². The molecular weight excluding hydrogens is 332 g/mol. The minimum atomic E-state index is -0.358. The molecule has 1 aromatic carbocycles. The van der Waals surface area contributed by atoms with E-state index in [1.165, 1.54) is 0 Å². The fourth-order valence-electron chi connectivity index (χ4n) is 3.56. The number of hydrogen-bond acceptors (Lipinski definition) is 6. The van der Waals surface area contributed by atoms with Crippen LogP contribution in [0.4, 0.5) is 11.4 Å². The molecule has 7 nitrogen and oxygen atoms in total. The number of aromatic nitrogens is 1. The van der Waals surface area contributed by atoms with Gasteiger partial charge in [-0.05, 0) is 24.5 Å². The molecule has 0 spiro atoms. The Morgan fingerprint density at radius 3 is 2.73 bits per heavy atom. The van der Waals surface area contributed by atoms with Crippen molar-refractivity contribution in [1.29, 1.82) is 0 Å². The maximum Gasteiger partial charge on any atom is 0.278 e. The molecule has 140 valence electrons. The summed E-state index contributed by atoms with van der Waals surface area (Å²) >= 11 is 0. The van der Waals surface area contributed by atoms with Gasteiger partial charge in [0.1, 0.15) is 0 Å². The molecule has 1 aliphatic rings. The van der Waals surface area contributed by atoms with Crippen LogP contribution in [-0.4, -0.2) is 53.7 Å². The van der Waals surface area contributed by atoms with Gasteiger partial charge in [-0.1, -0.05) is 13.8 Å². The molecule has 26 heavy (non-hydrogen) atoms. The lowest BCUT2D eigenvalue weighted by Crippen LogP contribution is -2.47. The predicted octanol–water partition coefficient (Wildman–Crippen LogP) is 3.30. The molecule has 2 aromatic rings. The van der Waals surface area contributed by atoms with Crippen LogP contribution in [0.15, 0.2) is 30.6 Å². The number of rotatable bonds is 7. The number of nitrogens with one attached hydrogen (secondary N) is 1. The SMILES string of the molecule is CC(C)CC(CNc1ccc([N+](=O)[O-])c2cnccc12)N1CCOCC1. The number of pyridine rings is 1. The van der Waals surface area contributed by atoms with Crippen molar-refractivity contribution in [2.24, 2.45) is 5.92 Å². The monoisotopic (exact) mass is 358 g/mol. The van der Waals surface area contributed by atoms with E-state index < -0.39 is 0 Å². The molecule has 2 heterocycles. The van der Waals surface area contributed by atoms with E-state index in [4.69, 9.17) is 4.74 Å². The highest BCUT2D eigenvalue weighted by atomic mass is 16.6. The van der Waals surface area contributed by atoms with Crippen LogP contribution in [0, 0.1) is 16.0 Å². The van der Waals surface area contributed by atoms with Crippen molar-refractivity contribution >= 4 is 22.1 Å². The molecule has 1 saturated heterocycles. The summed E-state index contributed by atoms with van der Waals surface area (Å²) in [6.07, 6.45) is 4.33. The summed E-state index contributed by atoms with van der Waals surface area (Å²) in [4.78, 5) is 17.4. The Bertz CT molecular complexity index is 760. The molecule has 0 radical (unpaired) electrons. The molecule has 0 amide bonds. The number of benzene rings is 1. The second-order valence-corrected chi connectivity index (χ2v) is 7.12. The van der Waals surface area contributed by atoms with Gasteiger partial charge in [0.2, 0.25) is 0 Å². The van der Waals surface area contributed by atoms with E-state index in [9.17, 15) is 10.1 Å². The van der Waals surface area contributed by atoms with Crippen LogP contribution in [0.1, 0.15) is 20.3 Å². The normalized spacial score (nSPS) is 16.7. The molecule has 1 aliphatic heterocycles. The van der Waals surface area contributed by atoms with Crippen LogP contribution in [0.25, 0.3) is 10.8 Å². The molecular formula is C19H26N4O3. The van der Waals surface area contributed by atoms with Gasteiger partial charge < -0.3 is 10.1 Å². The third-order valence-electron chi connectivity index (χ3n) is 4.83. The molecule has 0 saturated carbocycles. The van der Waals surface area contributed by atoms with Crippen LogP contribution in [0.3, 0.4) is 0 Å². The lowest BCUT2D eigenvalue weighted by atomic mass is 10.0. The zero-order valence-electron chi connectivity index (χ0n) is 15.4. The fourth-order valence-corrected chi connectivity index (χ4v) is 3.56. The van der Waals surface area contributed by atoms with Crippen molar-refractivity contribution in [2.75, 3.05) is 38.2 Å². The van der Waals surface area contributed by atoms with Crippen molar-refractivity contribution in [2.45, 2.75) is 26.3 Å². The van der Waals surface area contributed by atoms with E-state index in [0.29, 0.717) is 17.3 Å². The fraction of sp³-hybridized carbons (Fsp3) is 0.526. The second kappa shape index (κ2) is 8.42. The summed E-state index contributed by atoms with van der Waals surface area (Å²) in [6.45, 7) is 8.73. The summed E-state index contributed by atoms with van der Waals surface area (Å²) in [7, 11) is 0. The third kappa shape index (κ3) is 4.28. The van der Waals surface area contributed by atoms with Crippen LogP contribution >= 0.6 is 0 Å². The topological polar surface area (TPSA) is 80.5 Å². The minimum absolute atomic E-state index is 0.0885. The van der Waals surface area contributed by atoms with Gasteiger partial charge in [0, 0.05) is 55.2 Å². The maximum atomic E-state index is 11.3. The average Bonchev–Trinajstić information content (AvgIpc) is 2.65. The van der Waals surface area contributed by atoms with Gasteiger partial charge in [0.05, 0.1) is 23.5 Å². The summed E-state index contributed by atoms with van der Waals surface area (Å²) in [5.74, 6) is 0.599. The van der Waals surface area contributed by atoms with Gasteiger partial charge in [-0.25, -0.2) is 0 Å². The molecule has 1 N–H and O–H groups in total. The quantitative estimate of drug-likeness (QED) is 0.604. The Kier molecular flexibility index (Phi) is 6.00. The Labute approximate surface area is 153 Å². The standard InChI is InChI=1S/C19H26N4O3/c1-14(2)11-15(22-7-9-26-10-8-22)12-21-18-3-4-19(23(24)25)17-13-20-6-5-16(17)18/h3-6,13-15,21H,7-12H2,1-2H3. The number of nitro groups is 1. The van der Waals surface area contributed by atoms with E-state index in [2.05, 4.69) is 29.0 Å². The number of nitro benzene ring substituents is 1. The molecule has 1 atom stereocenters. The molecule has 7 heteroatoms. The number of hydrogen-bond donors (Lipinski definition) is 1. The van der Waals surface area contributed by atoms with Crippen LogP contribution in [0.2, 0.25) is 0 Å². The van der Waals surface area contributed by atoms with Crippen molar-refractivity contribution in [3.05, 3.63) is 40.7 Å². The van der Waals surface area contributed by atoms with Crippen molar-refractivity contribution < 1.29 is 9.66 Å².